The normalized spacial score (nSPS) is 11.2. The van der Waals surface area contributed by atoms with E-state index in [0.717, 1.165) is 12.8 Å². The summed E-state index contributed by atoms with van der Waals surface area (Å²) in [5.41, 5.74) is 0. The lowest BCUT2D eigenvalue weighted by Crippen LogP contribution is -2.05. The van der Waals surface area contributed by atoms with Crippen LogP contribution in [0.15, 0.2) is 0 Å². The Bertz CT molecular complexity index is 245. The van der Waals surface area contributed by atoms with Crippen molar-refractivity contribution in [1.29, 1.82) is 0 Å². The molecular weight excluding hydrogens is 249 g/mol. The van der Waals surface area contributed by atoms with Gasteiger partial charge in [-0.05, 0) is 19.3 Å². The molecule has 0 saturated carbocycles. The van der Waals surface area contributed by atoms with Gasteiger partial charge in [0.05, 0.1) is 0 Å². The molecule has 0 spiro atoms. The van der Waals surface area contributed by atoms with Crippen LogP contribution in [0.5, 0.6) is 0 Å². The van der Waals surface area contributed by atoms with Crippen molar-refractivity contribution in [1.82, 2.24) is 0 Å². The molecule has 0 unspecified atom stereocenters. The third-order valence-corrected chi connectivity index (χ3v) is 3.04. The van der Waals surface area contributed by atoms with Crippen molar-refractivity contribution in [3.05, 3.63) is 0 Å². The predicted octanol–water partition coefficient (Wildman–Crippen LogP) is 6.25. The molecule has 0 rings (SSSR count). The van der Waals surface area contributed by atoms with Gasteiger partial charge in [0, 0.05) is 19.3 Å². The molecule has 0 aromatic rings. The maximum Gasteiger partial charge on any atom is 0.389 e. The van der Waals surface area contributed by atoms with E-state index < -0.39 is 12.6 Å². The lowest BCUT2D eigenvalue weighted by atomic mass is 10.1. The van der Waals surface area contributed by atoms with Crippen LogP contribution in [0.2, 0.25) is 0 Å². The van der Waals surface area contributed by atoms with Crippen molar-refractivity contribution in [2.24, 2.45) is 0 Å². The topological polar surface area (TPSA) is 0 Å². The second-order valence-corrected chi connectivity index (χ2v) is 5.05. The van der Waals surface area contributed by atoms with Crippen LogP contribution >= 0.6 is 0 Å². The van der Waals surface area contributed by atoms with Crippen molar-refractivity contribution in [3.8, 4) is 11.8 Å². The third kappa shape index (κ3) is 17.4. The lowest BCUT2D eigenvalue weighted by Gasteiger charge is -2.03. The molecule has 0 aliphatic carbocycles. The van der Waals surface area contributed by atoms with Crippen LogP contribution in [0.3, 0.4) is 0 Å². The molecule has 0 nitrogen and oxygen atoms in total. The van der Waals surface area contributed by atoms with Crippen molar-refractivity contribution in [2.75, 3.05) is 0 Å². The van der Waals surface area contributed by atoms with Gasteiger partial charge in [0.15, 0.2) is 0 Å². The first kappa shape index (κ1) is 18.4. The summed E-state index contributed by atoms with van der Waals surface area (Å²) in [5, 5.41) is 0. The van der Waals surface area contributed by atoms with Crippen molar-refractivity contribution < 1.29 is 13.2 Å². The molecule has 0 radical (unpaired) electrons. The number of unbranched alkanes of at least 4 members (excludes halogenated alkanes) is 9. The standard InChI is InChI=1S/C16H27F3/c1-2-3-4-5-6-7-8-9-10-11-12-13-14-15-16(17,18)19/h2-9,12-15H2,1H3. The highest BCUT2D eigenvalue weighted by atomic mass is 19.4. The van der Waals surface area contributed by atoms with E-state index in [0.29, 0.717) is 12.8 Å². The zero-order valence-corrected chi connectivity index (χ0v) is 12.1. The summed E-state index contributed by atoms with van der Waals surface area (Å²) >= 11 is 0. The highest BCUT2D eigenvalue weighted by molar-refractivity contribution is 4.98. The first-order chi connectivity index (χ1) is 9.06. The second-order valence-electron chi connectivity index (χ2n) is 5.05. The quantitative estimate of drug-likeness (QED) is 0.326. The van der Waals surface area contributed by atoms with E-state index in [1.54, 1.807) is 0 Å². The molecule has 0 fully saturated rings. The molecule has 0 aliphatic heterocycles. The number of hydrogen-bond acceptors (Lipinski definition) is 0. The predicted molar refractivity (Wildman–Crippen MR) is 74.9 cm³/mol. The van der Waals surface area contributed by atoms with Gasteiger partial charge in [-0.2, -0.15) is 13.2 Å². The van der Waals surface area contributed by atoms with Crippen LogP contribution in [0.4, 0.5) is 13.2 Å². The molecule has 0 heterocycles. The van der Waals surface area contributed by atoms with E-state index in [-0.39, 0.29) is 6.42 Å². The largest absolute Gasteiger partial charge is 0.389 e. The van der Waals surface area contributed by atoms with Crippen molar-refractivity contribution in [3.63, 3.8) is 0 Å². The minimum absolute atomic E-state index is 0.204. The van der Waals surface area contributed by atoms with E-state index in [1.165, 1.54) is 38.5 Å². The molecular formula is C16H27F3. The third-order valence-electron chi connectivity index (χ3n) is 3.04. The van der Waals surface area contributed by atoms with Crippen LogP contribution in [0, 0.1) is 11.8 Å². The molecule has 3 heteroatoms. The Morgan fingerprint density at radius 2 is 1.16 bits per heavy atom. The summed E-state index contributed by atoms with van der Waals surface area (Å²) in [7, 11) is 0. The maximum atomic E-state index is 11.8. The molecule has 0 aromatic carbocycles. The highest BCUT2D eigenvalue weighted by Gasteiger charge is 2.25. The average Bonchev–Trinajstić information content (AvgIpc) is 2.34. The van der Waals surface area contributed by atoms with Crippen LogP contribution in [-0.2, 0) is 0 Å². The van der Waals surface area contributed by atoms with Gasteiger partial charge >= 0.3 is 6.18 Å². The van der Waals surface area contributed by atoms with Gasteiger partial charge in [0.1, 0.15) is 0 Å². The summed E-state index contributed by atoms with van der Waals surface area (Å²) in [6.07, 6.45) is 6.48. The SMILES string of the molecule is CCCCCCCCCC#CCCCCC(F)(F)F. The molecule has 0 atom stereocenters. The maximum absolute atomic E-state index is 11.8. The molecule has 0 aromatic heterocycles. The Morgan fingerprint density at radius 1 is 0.684 bits per heavy atom. The zero-order chi connectivity index (χ0) is 14.4. The van der Waals surface area contributed by atoms with E-state index in [4.69, 9.17) is 0 Å². The van der Waals surface area contributed by atoms with Crippen LogP contribution in [-0.4, -0.2) is 6.18 Å². The van der Waals surface area contributed by atoms with Gasteiger partial charge in [0.2, 0.25) is 0 Å². The smallest absolute Gasteiger partial charge is 0.171 e. The minimum Gasteiger partial charge on any atom is -0.171 e. The monoisotopic (exact) mass is 276 g/mol. The van der Waals surface area contributed by atoms with Crippen LogP contribution in [0.1, 0.15) is 84.0 Å². The van der Waals surface area contributed by atoms with E-state index in [1.807, 2.05) is 0 Å². The number of alkyl halides is 3. The Hall–Kier alpha value is -0.650. The molecule has 0 amide bonds. The molecule has 0 N–H and O–H groups in total. The number of hydrogen-bond donors (Lipinski definition) is 0. The molecule has 0 bridgehead atoms. The van der Waals surface area contributed by atoms with Gasteiger partial charge in [-0.1, -0.05) is 45.4 Å². The summed E-state index contributed by atoms with van der Waals surface area (Å²) in [6.45, 7) is 2.21. The van der Waals surface area contributed by atoms with Gasteiger partial charge < -0.3 is 0 Å². The van der Waals surface area contributed by atoms with Gasteiger partial charge in [-0.15, -0.1) is 11.8 Å². The van der Waals surface area contributed by atoms with E-state index >= 15 is 0 Å². The summed E-state index contributed by atoms with van der Waals surface area (Å²) in [6, 6.07) is 0. The van der Waals surface area contributed by atoms with Gasteiger partial charge in [0.25, 0.3) is 0 Å². The van der Waals surface area contributed by atoms with E-state index in [2.05, 4.69) is 18.8 Å². The highest BCUT2D eigenvalue weighted by Crippen LogP contribution is 2.22. The number of rotatable bonds is 10. The fourth-order valence-corrected chi connectivity index (χ4v) is 1.89. The van der Waals surface area contributed by atoms with E-state index in [9.17, 15) is 13.2 Å². The minimum atomic E-state index is -4.01. The fourth-order valence-electron chi connectivity index (χ4n) is 1.89. The van der Waals surface area contributed by atoms with Crippen LogP contribution in [0.25, 0.3) is 0 Å². The first-order valence-corrected chi connectivity index (χ1v) is 7.58. The summed E-state index contributed by atoms with van der Waals surface area (Å²) in [4.78, 5) is 0. The Labute approximate surface area is 116 Å². The second kappa shape index (κ2) is 12.4. The Kier molecular flexibility index (Phi) is 12.0. The molecule has 0 aliphatic rings. The Balaban J connectivity index is 3.18. The lowest BCUT2D eigenvalue weighted by molar-refractivity contribution is -0.135. The van der Waals surface area contributed by atoms with Crippen LogP contribution < -0.4 is 0 Å². The Morgan fingerprint density at radius 3 is 1.68 bits per heavy atom. The van der Waals surface area contributed by atoms with Crippen molar-refractivity contribution in [2.45, 2.75) is 90.1 Å². The first-order valence-electron chi connectivity index (χ1n) is 7.58. The molecule has 112 valence electrons. The van der Waals surface area contributed by atoms with Gasteiger partial charge in [-0.25, -0.2) is 0 Å². The number of halogens is 3. The summed E-state index contributed by atoms with van der Waals surface area (Å²) in [5.74, 6) is 6.02. The van der Waals surface area contributed by atoms with Crippen molar-refractivity contribution >= 4 is 0 Å². The summed E-state index contributed by atoms with van der Waals surface area (Å²) < 4.78 is 35.5. The average molecular weight is 276 g/mol. The molecule has 19 heavy (non-hydrogen) atoms. The fraction of sp³-hybridized carbons (Fsp3) is 0.875. The zero-order valence-electron chi connectivity index (χ0n) is 12.1. The molecule has 0 saturated heterocycles. The van der Waals surface area contributed by atoms with Gasteiger partial charge in [-0.3, -0.25) is 0 Å².